The molecule has 0 atom stereocenters. The molecule has 5 nitrogen and oxygen atoms in total. The summed E-state index contributed by atoms with van der Waals surface area (Å²) in [5.74, 6) is -2.66. The molecule has 1 heterocycles. The molecule has 0 unspecified atom stereocenters. The molecule has 0 fully saturated rings. The van der Waals surface area contributed by atoms with Crippen molar-refractivity contribution in [2.75, 3.05) is 12.8 Å². The first-order chi connectivity index (χ1) is 8.97. The summed E-state index contributed by atoms with van der Waals surface area (Å²) in [7, 11) is 1.18. The van der Waals surface area contributed by atoms with Crippen LogP contribution in [0.25, 0.3) is 5.69 Å². The number of nitrogens with two attached hydrogens (primary N) is 1. The molecule has 1 aromatic carbocycles. The molecule has 0 aliphatic rings. The van der Waals surface area contributed by atoms with E-state index in [0.29, 0.717) is 0 Å². The molecule has 0 aliphatic heterocycles. The second-order valence-corrected chi connectivity index (χ2v) is 3.79. The summed E-state index contributed by atoms with van der Waals surface area (Å²) in [6.45, 7) is 1.52. The van der Waals surface area contributed by atoms with E-state index in [1.54, 1.807) is 0 Å². The van der Waals surface area contributed by atoms with Crippen molar-refractivity contribution in [3.8, 4) is 5.69 Å². The van der Waals surface area contributed by atoms with E-state index in [0.717, 1.165) is 10.6 Å². The van der Waals surface area contributed by atoms with E-state index in [1.807, 2.05) is 0 Å². The standard InChI is InChI=1S/C12H11F2N3O2/c1-6-16-10(12(18)19-2)11(15)17(6)8-5-3-4-7(13)9(8)14/h3-5H,15H2,1-2H3. The van der Waals surface area contributed by atoms with Crippen LogP contribution in [0.1, 0.15) is 16.3 Å². The van der Waals surface area contributed by atoms with Crippen LogP contribution in [0.15, 0.2) is 18.2 Å². The number of anilines is 1. The van der Waals surface area contributed by atoms with Crippen LogP contribution in [0.4, 0.5) is 14.6 Å². The Hall–Kier alpha value is -2.44. The van der Waals surface area contributed by atoms with Gasteiger partial charge in [0, 0.05) is 0 Å². The predicted molar refractivity (Wildman–Crippen MR) is 64.0 cm³/mol. The van der Waals surface area contributed by atoms with E-state index in [-0.39, 0.29) is 23.0 Å². The van der Waals surface area contributed by atoms with E-state index in [9.17, 15) is 13.6 Å². The van der Waals surface area contributed by atoms with Crippen molar-refractivity contribution in [2.24, 2.45) is 0 Å². The summed E-state index contributed by atoms with van der Waals surface area (Å²) in [5, 5.41) is 0. The zero-order valence-corrected chi connectivity index (χ0v) is 10.3. The van der Waals surface area contributed by atoms with Gasteiger partial charge in [0.2, 0.25) is 0 Å². The van der Waals surface area contributed by atoms with Gasteiger partial charge in [-0.25, -0.2) is 18.6 Å². The maximum Gasteiger partial charge on any atom is 0.360 e. The third kappa shape index (κ3) is 2.03. The van der Waals surface area contributed by atoms with Gasteiger partial charge in [-0.2, -0.15) is 0 Å². The number of ether oxygens (including phenoxy) is 1. The second kappa shape index (κ2) is 4.68. The molecule has 2 aromatic rings. The Morgan fingerprint density at radius 1 is 1.42 bits per heavy atom. The quantitative estimate of drug-likeness (QED) is 0.843. The first kappa shape index (κ1) is 13.0. The van der Waals surface area contributed by atoms with Gasteiger partial charge in [-0.15, -0.1) is 0 Å². The molecule has 19 heavy (non-hydrogen) atoms. The number of imidazole rings is 1. The number of carbonyl (C=O) groups excluding carboxylic acids is 1. The third-order valence-corrected chi connectivity index (χ3v) is 2.63. The monoisotopic (exact) mass is 267 g/mol. The Bertz CT molecular complexity index is 653. The van der Waals surface area contributed by atoms with Crippen LogP contribution in [0.2, 0.25) is 0 Å². The van der Waals surface area contributed by atoms with Crippen molar-refractivity contribution < 1.29 is 18.3 Å². The molecular formula is C12H11F2N3O2. The predicted octanol–water partition coefficient (Wildman–Crippen LogP) is 1.83. The van der Waals surface area contributed by atoms with Crippen LogP contribution in [-0.2, 0) is 4.74 Å². The molecule has 2 rings (SSSR count). The molecule has 0 aliphatic carbocycles. The Morgan fingerprint density at radius 3 is 2.74 bits per heavy atom. The average molecular weight is 267 g/mol. The van der Waals surface area contributed by atoms with Gasteiger partial charge < -0.3 is 10.5 Å². The first-order valence-corrected chi connectivity index (χ1v) is 5.35. The highest BCUT2D eigenvalue weighted by molar-refractivity contribution is 5.92. The number of nitrogen functional groups attached to an aromatic ring is 1. The molecule has 0 saturated carbocycles. The smallest absolute Gasteiger partial charge is 0.360 e. The minimum atomic E-state index is -1.06. The number of esters is 1. The number of hydrogen-bond donors (Lipinski definition) is 1. The lowest BCUT2D eigenvalue weighted by molar-refractivity contribution is 0.0596. The second-order valence-electron chi connectivity index (χ2n) is 3.79. The van der Waals surface area contributed by atoms with E-state index < -0.39 is 17.6 Å². The van der Waals surface area contributed by atoms with Gasteiger partial charge in [-0.1, -0.05) is 6.07 Å². The fraction of sp³-hybridized carbons (Fsp3) is 0.167. The van der Waals surface area contributed by atoms with E-state index in [1.165, 1.54) is 26.2 Å². The van der Waals surface area contributed by atoms with Crippen molar-refractivity contribution in [2.45, 2.75) is 6.92 Å². The molecule has 0 spiro atoms. The molecular weight excluding hydrogens is 256 g/mol. The maximum absolute atomic E-state index is 13.7. The van der Waals surface area contributed by atoms with Gasteiger partial charge >= 0.3 is 5.97 Å². The topological polar surface area (TPSA) is 70.1 Å². The number of aryl methyl sites for hydroxylation is 1. The number of aromatic nitrogens is 2. The molecule has 0 bridgehead atoms. The summed E-state index contributed by atoms with van der Waals surface area (Å²) in [6.07, 6.45) is 0. The fourth-order valence-corrected chi connectivity index (χ4v) is 1.77. The van der Waals surface area contributed by atoms with Crippen molar-refractivity contribution in [3.63, 3.8) is 0 Å². The summed E-state index contributed by atoms with van der Waals surface area (Å²) in [6, 6.07) is 3.66. The molecule has 1 aromatic heterocycles. The number of benzene rings is 1. The molecule has 0 saturated heterocycles. The van der Waals surface area contributed by atoms with Crippen molar-refractivity contribution in [3.05, 3.63) is 41.4 Å². The molecule has 0 amide bonds. The Labute approximate surface area is 107 Å². The number of methoxy groups -OCH3 is 1. The van der Waals surface area contributed by atoms with Gasteiger partial charge in [0.05, 0.1) is 12.8 Å². The van der Waals surface area contributed by atoms with Crippen LogP contribution in [0.3, 0.4) is 0 Å². The first-order valence-electron chi connectivity index (χ1n) is 5.35. The average Bonchev–Trinajstić information content (AvgIpc) is 2.68. The third-order valence-electron chi connectivity index (χ3n) is 2.63. The fourth-order valence-electron chi connectivity index (χ4n) is 1.77. The van der Waals surface area contributed by atoms with Gasteiger partial charge in [0.25, 0.3) is 0 Å². The molecule has 7 heteroatoms. The molecule has 2 N–H and O–H groups in total. The number of carbonyl (C=O) groups is 1. The maximum atomic E-state index is 13.7. The zero-order chi connectivity index (χ0) is 14.2. The summed E-state index contributed by atoms with van der Waals surface area (Å²) < 4.78 is 32.6. The normalized spacial score (nSPS) is 10.5. The number of hydrogen-bond acceptors (Lipinski definition) is 4. The highest BCUT2D eigenvalue weighted by atomic mass is 19.2. The van der Waals surface area contributed by atoms with Crippen LogP contribution in [0, 0.1) is 18.6 Å². The van der Waals surface area contributed by atoms with Crippen LogP contribution < -0.4 is 5.73 Å². The highest BCUT2D eigenvalue weighted by Crippen LogP contribution is 2.24. The van der Waals surface area contributed by atoms with Crippen LogP contribution in [-0.4, -0.2) is 22.6 Å². The van der Waals surface area contributed by atoms with Gasteiger partial charge in [-0.05, 0) is 19.1 Å². The van der Waals surface area contributed by atoms with Crippen LogP contribution >= 0.6 is 0 Å². The van der Waals surface area contributed by atoms with E-state index >= 15 is 0 Å². The van der Waals surface area contributed by atoms with Gasteiger partial charge in [-0.3, -0.25) is 4.57 Å². The lowest BCUT2D eigenvalue weighted by Gasteiger charge is -2.09. The van der Waals surface area contributed by atoms with E-state index in [4.69, 9.17) is 5.73 Å². The SMILES string of the molecule is COC(=O)c1nc(C)n(-c2cccc(F)c2F)c1N. The minimum Gasteiger partial charge on any atom is -0.464 e. The van der Waals surface area contributed by atoms with Crippen LogP contribution in [0.5, 0.6) is 0 Å². The Balaban J connectivity index is 2.67. The minimum absolute atomic E-state index is 0.103. The number of nitrogens with zero attached hydrogens (tertiary/aromatic N) is 2. The van der Waals surface area contributed by atoms with Crippen molar-refractivity contribution in [1.29, 1.82) is 0 Å². The highest BCUT2D eigenvalue weighted by Gasteiger charge is 2.22. The van der Waals surface area contributed by atoms with Crippen molar-refractivity contribution >= 4 is 11.8 Å². The lowest BCUT2D eigenvalue weighted by atomic mass is 10.3. The summed E-state index contributed by atoms with van der Waals surface area (Å²) >= 11 is 0. The van der Waals surface area contributed by atoms with Crippen molar-refractivity contribution in [1.82, 2.24) is 9.55 Å². The summed E-state index contributed by atoms with van der Waals surface area (Å²) in [5.41, 5.74) is 5.49. The van der Waals surface area contributed by atoms with E-state index in [2.05, 4.69) is 9.72 Å². The Kier molecular flexibility index (Phi) is 3.20. The molecule has 0 radical (unpaired) electrons. The zero-order valence-electron chi connectivity index (χ0n) is 10.3. The lowest BCUT2D eigenvalue weighted by Crippen LogP contribution is -2.09. The number of rotatable bonds is 2. The molecule has 100 valence electrons. The Morgan fingerprint density at radius 2 is 2.11 bits per heavy atom. The van der Waals surface area contributed by atoms with Gasteiger partial charge in [0.15, 0.2) is 17.3 Å². The largest absolute Gasteiger partial charge is 0.464 e. The van der Waals surface area contributed by atoms with Gasteiger partial charge in [0.1, 0.15) is 11.6 Å². The number of halogens is 2. The summed E-state index contributed by atoms with van der Waals surface area (Å²) in [4.78, 5) is 15.3.